The van der Waals surface area contributed by atoms with Gasteiger partial charge in [0, 0.05) is 33.2 Å². The summed E-state index contributed by atoms with van der Waals surface area (Å²) in [7, 11) is -2.10. The van der Waals surface area contributed by atoms with E-state index < -0.39 is 8.32 Å². The van der Waals surface area contributed by atoms with Crippen LogP contribution in [0.25, 0.3) is 61.7 Å². The molecule has 0 bridgehead atoms. The first-order valence-corrected chi connectivity index (χ1v) is 21.6. The van der Waals surface area contributed by atoms with Crippen molar-refractivity contribution in [3.05, 3.63) is 126 Å². The van der Waals surface area contributed by atoms with Gasteiger partial charge in [0.15, 0.2) is 17.5 Å². The highest BCUT2D eigenvalue weighted by atomic mass is 28.4. The van der Waals surface area contributed by atoms with E-state index in [4.69, 9.17) is 19.4 Å². The molecule has 7 aromatic rings. The molecule has 2 aromatic heterocycles. The molecule has 7 rings (SSSR count). The van der Waals surface area contributed by atoms with Gasteiger partial charge in [-0.15, -0.1) is 0 Å². The maximum Gasteiger partial charge on any atom is 0.250 e. The Balaban J connectivity index is 1.39. The second-order valence-corrected chi connectivity index (χ2v) is 22.6. The molecular formula is C47H52N4OSi. The Bertz CT molecular complexity index is 2360. The van der Waals surface area contributed by atoms with E-state index in [1.54, 1.807) is 0 Å². The Morgan fingerprint density at radius 3 is 1.53 bits per heavy atom. The van der Waals surface area contributed by atoms with E-state index in [0.717, 1.165) is 44.5 Å². The minimum atomic E-state index is -2.10. The Labute approximate surface area is 316 Å². The van der Waals surface area contributed by atoms with E-state index in [9.17, 15) is 0 Å². The summed E-state index contributed by atoms with van der Waals surface area (Å²) in [5, 5.41) is 2.39. The molecule has 0 aliphatic heterocycles. The van der Waals surface area contributed by atoms with Crippen molar-refractivity contribution in [2.75, 3.05) is 0 Å². The van der Waals surface area contributed by atoms with Crippen LogP contribution in [-0.2, 0) is 10.8 Å². The summed E-state index contributed by atoms with van der Waals surface area (Å²) >= 11 is 0. The van der Waals surface area contributed by atoms with Crippen molar-refractivity contribution in [3.8, 4) is 45.6 Å². The molecule has 0 aliphatic rings. The molecule has 0 spiro atoms. The third-order valence-corrected chi connectivity index (χ3v) is 15.2. The molecule has 0 fully saturated rings. The minimum absolute atomic E-state index is 0.0492. The summed E-state index contributed by atoms with van der Waals surface area (Å²) in [5.41, 5.74) is 8.74. The zero-order chi connectivity index (χ0) is 37.9. The molecule has 270 valence electrons. The van der Waals surface area contributed by atoms with Gasteiger partial charge in [-0.25, -0.2) is 15.0 Å². The predicted octanol–water partition coefficient (Wildman–Crippen LogP) is 12.9. The first-order chi connectivity index (χ1) is 24.9. The lowest BCUT2D eigenvalue weighted by molar-refractivity contribution is 0.497. The largest absolute Gasteiger partial charge is 0.543 e. The molecule has 5 nitrogen and oxygen atoms in total. The molecule has 0 saturated carbocycles. The molecule has 0 atom stereocenters. The van der Waals surface area contributed by atoms with Gasteiger partial charge in [-0.05, 0) is 70.4 Å². The quantitative estimate of drug-likeness (QED) is 0.161. The highest BCUT2D eigenvalue weighted by Crippen LogP contribution is 2.43. The molecule has 0 saturated heterocycles. The van der Waals surface area contributed by atoms with Crippen LogP contribution < -0.4 is 4.43 Å². The molecule has 0 unspecified atom stereocenters. The monoisotopic (exact) mass is 716 g/mol. The van der Waals surface area contributed by atoms with Gasteiger partial charge < -0.3 is 8.99 Å². The Morgan fingerprint density at radius 2 is 1.00 bits per heavy atom. The van der Waals surface area contributed by atoms with Crippen LogP contribution in [0.5, 0.6) is 5.75 Å². The Hall–Kier alpha value is -5.07. The average molecular weight is 717 g/mol. The van der Waals surface area contributed by atoms with Gasteiger partial charge in [-0.2, -0.15) is 0 Å². The third kappa shape index (κ3) is 7.05. The van der Waals surface area contributed by atoms with Gasteiger partial charge in [-0.3, -0.25) is 0 Å². The van der Waals surface area contributed by atoms with Gasteiger partial charge in [0.25, 0.3) is 8.32 Å². The maximum absolute atomic E-state index is 6.99. The van der Waals surface area contributed by atoms with Crippen LogP contribution in [0, 0.1) is 0 Å². The zero-order valence-corrected chi connectivity index (χ0v) is 34.2. The minimum Gasteiger partial charge on any atom is -0.543 e. The summed E-state index contributed by atoms with van der Waals surface area (Å²) < 4.78 is 9.33. The smallest absolute Gasteiger partial charge is 0.250 e. The van der Waals surface area contributed by atoms with Crippen molar-refractivity contribution in [2.24, 2.45) is 0 Å². The molecule has 6 heteroatoms. The molecule has 0 radical (unpaired) electrons. The number of benzene rings is 5. The number of hydrogen-bond acceptors (Lipinski definition) is 4. The lowest BCUT2D eigenvalue weighted by atomic mass is 9.86. The van der Waals surface area contributed by atoms with E-state index in [0.29, 0.717) is 17.5 Å². The van der Waals surface area contributed by atoms with Crippen molar-refractivity contribution in [1.29, 1.82) is 0 Å². The van der Waals surface area contributed by atoms with Gasteiger partial charge in [-0.1, -0.05) is 147 Å². The van der Waals surface area contributed by atoms with E-state index >= 15 is 0 Å². The highest BCUT2D eigenvalue weighted by molar-refractivity contribution is 6.74. The van der Waals surface area contributed by atoms with Crippen LogP contribution in [0.1, 0.15) is 73.4 Å². The van der Waals surface area contributed by atoms with Crippen LogP contribution in [-0.4, -0.2) is 27.8 Å². The molecule has 0 aliphatic carbocycles. The molecule has 53 heavy (non-hydrogen) atoms. The van der Waals surface area contributed by atoms with Gasteiger partial charge in [0.05, 0.1) is 11.0 Å². The lowest BCUT2D eigenvalue weighted by Gasteiger charge is -2.36. The molecule has 0 amide bonds. The fourth-order valence-corrected chi connectivity index (χ4v) is 7.59. The predicted molar refractivity (Wildman–Crippen MR) is 226 cm³/mol. The molecular weight excluding hydrogens is 665 g/mol. The maximum atomic E-state index is 6.99. The van der Waals surface area contributed by atoms with Gasteiger partial charge in [0.2, 0.25) is 0 Å². The summed E-state index contributed by atoms with van der Waals surface area (Å²) in [6.07, 6.45) is 0. The third-order valence-electron chi connectivity index (χ3n) is 10.8. The van der Waals surface area contributed by atoms with Crippen molar-refractivity contribution in [1.82, 2.24) is 19.5 Å². The van der Waals surface area contributed by atoms with Crippen LogP contribution >= 0.6 is 0 Å². The summed E-state index contributed by atoms with van der Waals surface area (Å²) in [5.74, 6) is 2.89. The Morgan fingerprint density at radius 1 is 0.509 bits per heavy atom. The molecule has 0 N–H and O–H groups in total. The Kier molecular flexibility index (Phi) is 8.97. The first-order valence-electron chi connectivity index (χ1n) is 18.7. The number of para-hydroxylation sites is 1. The SMILES string of the molecule is CC(C)(C)c1ccc(-c2nc(-c3ccc(C(C)(C)C)cc3)nc(-c3cccc(-n4c5ccccc5c5c(O[Si](C)(C)C(C)(C)C)cccc54)c3)n2)cc1. The molecule has 2 heterocycles. The van der Waals surface area contributed by atoms with Crippen molar-refractivity contribution in [2.45, 2.75) is 91.3 Å². The summed E-state index contributed by atoms with van der Waals surface area (Å²) in [6, 6.07) is 40.9. The number of nitrogens with zero attached hydrogens (tertiary/aromatic N) is 4. The van der Waals surface area contributed by atoms with E-state index in [1.165, 1.54) is 16.5 Å². The molecule has 5 aromatic carbocycles. The summed E-state index contributed by atoms with van der Waals surface area (Å²) in [6.45, 7) is 24.9. The number of rotatable bonds is 6. The average Bonchev–Trinajstić information content (AvgIpc) is 3.45. The number of fused-ring (bicyclic) bond motifs is 3. The second-order valence-electron chi connectivity index (χ2n) is 17.9. The standard InChI is InChI=1S/C47H52N4OSi/c1-45(2,3)34-26-22-31(23-27-34)42-48-43(32-24-28-35(29-25-32)46(4,5)6)50-44(49-42)33-16-14-17-36(30-33)51-38-19-13-12-18-37(38)41-39(51)20-15-21-40(41)52-53(10,11)47(7,8)9/h12-30H,1-11H3. The van der Waals surface area contributed by atoms with Crippen molar-refractivity contribution in [3.63, 3.8) is 0 Å². The van der Waals surface area contributed by atoms with Crippen LogP contribution in [0.15, 0.2) is 115 Å². The number of aromatic nitrogens is 4. The zero-order valence-electron chi connectivity index (χ0n) is 33.2. The second kappa shape index (κ2) is 13.1. The highest BCUT2D eigenvalue weighted by Gasteiger charge is 2.39. The van der Waals surface area contributed by atoms with E-state index in [2.05, 4.69) is 195 Å². The van der Waals surface area contributed by atoms with E-state index in [1.807, 2.05) is 0 Å². The van der Waals surface area contributed by atoms with E-state index in [-0.39, 0.29) is 15.9 Å². The van der Waals surface area contributed by atoms with Crippen molar-refractivity contribution < 1.29 is 4.43 Å². The van der Waals surface area contributed by atoms with Crippen LogP contribution in [0.4, 0.5) is 0 Å². The summed E-state index contributed by atoms with van der Waals surface area (Å²) in [4.78, 5) is 15.3. The lowest BCUT2D eigenvalue weighted by Crippen LogP contribution is -2.43. The van der Waals surface area contributed by atoms with Crippen molar-refractivity contribution >= 4 is 30.1 Å². The van der Waals surface area contributed by atoms with Crippen LogP contribution in [0.3, 0.4) is 0 Å². The van der Waals surface area contributed by atoms with Crippen LogP contribution in [0.2, 0.25) is 18.1 Å². The van der Waals surface area contributed by atoms with Gasteiger partial charge in [0.1, 0.15) is 5.75 Å². The topological polar surface area (TPSA) is 52.8 Å². The fraction of sp³-hybridized carbons (Fsp3) is 0.298. The normalized spacial score (nSPS) is 12.8. The first kappa shape index (κ1) is 36.3. The van der Waals surface area contributed by atoms with Gasteiger partial charge >= 0.3 is 0 Å². The fourth-order valence-electron chi connectivity index (χ4n) is 6.56. The number of hydrogen-bond donors (Lipinski definition) is 0.